The second-order valence-corrected chi connectivity index (χ2v) is 9.85. The quantitative estimate of drug-likeness (QED) is 0.480. The van der Waals surface area contributed by atoms with Crippen LogP contribution in [0.5, 0.6) is 11.5 Å². The molecule has 8 heteroatoms. The van der Waals surface area contributed by atoms with E-state index >= 15 is 0 Å². The number of hydrogen-bond donors (Lipinski definition) is 0. The fourth-order valence-electron chi connectivity index (χ4n) is 3.61. The lowest BCUT2D eigenvalue weighted by Gasteiger charge is -2.28. The molecule has 172 valence electrons. The van der Waals surface area contributed by atoms with Gasteiger partial charge in [-0.2, -0.15) is 0 Å². The van der Waals surface area contributed by atoms with Gasteiger partial charge < -0.3 is 14.4 Å². The van der Waals surface area contributed by atoms with Crippen LogP contribution in [0, 0.1) is 0 Å². The van der Waals surface area contributed by atoms with Crippen LogP contribution in [0.15, 0.2) is 78.9 Å². The number of anilines is 1. The summed E-state index contributed by atoms with van der Waals surface area (Å²) in [7, 11) is -3.72. The summed E-state index contributed by atoms with van der Waals surface area (Å²) >= 11 is 0. The largest absolute Gasteiger partial charge is 0.454 e. The first kappa shape index (κ1) is 22.7. The van der Waals surface area contributed by atoms with E-state index in [1.165, 1.54) is 0 Å². The third-order valence-corrected chi connectivity index (χ3v) is 7.15. The molecule has 4 rings (SSSR count). The van der Waals surface area contributed by atoms with Crippen LogP contribution < -0.4 is 13.8 Å². The SMILES string of the molecule is CCS(=O)(=O)N(CC(=O)N(Cc1ccccc1)Cc1ccccc1)c1ccc2c(c1)OCO2. The van der Waals surface area contributed by atoms with Crippen LogP contribution in [0.3, 0.4) is 0 Å². The smallest absolute Gasteiger partial charge is 0.243 e. The van der Waals surface area contributed by atoms with Crippen molar-refractivity contribution < 1.29 is 22.7 Å². The number of rotatable bonds is 9. The molecule has 1 aliphatic heterocycles. The molecule has 7 nitrogen and oxygen atoms in total. The maximum atomic E-state index is 13.5. The van der Waals surface area contributed by atoms with Gasteiger partial charge in [0.25, 0.3) is 0 Å². The molecule has 1 aliphatic rings. The number of amides is 1. The summed E-state index contributed by atoms with van der Waals surface area (Å²) < 4.78 is 37.8. The van der Waals surface area contributed by atoms with Crippen LogP contribution in [0.4, 0.5) is 5.69 Å². The fraction of sp³-hybridized carbons (Fsp3) is 0.240. The van der Waals surface area contributed by atoms with Crippen LogP contribution in [0.1, 0.15) is 18.1 Å². The van der Waals surface area contributed by atoms with Crippen LogP contribution in [0.25, 0.3) is 0 Å². The van der Waals surface area contributed by atoms with E-state index in [1.807, 2.05) is 60.7 Å². The van der Waals surface area contributed by atoms with Gasteiger partial charge in [-0.3, -0.25) is 9.10 Å². The number of fused-ring (bicyclic) bond motifs is 1. The number of carbonyl (C=O) groups is 1. The van der Waals surface area contributed by atoms with E-state index < -0.39 is 10.0 Å². The van der Waals surface area contributed by atoms with Crippen molar-refractivity contribution in [1.82, 2.24) is 4.90 Å². The Kier molecular flexibility index (Phi) is 6.84. The highest BCUT2D eigenvalue weighted by molar-refractivity contribution is 7.92. The zero-order valence-corrected chi connectivity index (χ0v) is 19.2. The molecule has 0 fully saturated rings. The Bertz CT molecular complexity index is 1160. The molecule has 0 saturated carbocycles. The molecule has 3 aromatic carbocycles. The van der Waals surface area contributed by atoms with Crippen LogP contribution in [0.2, 0.25) is 0 Å². The van der Waals surface area contributed by atoms with E-state index in [1.54, 1.807) is 30.0 Å². The molecular formula is C25H26N2O5S. The van der Waals surface area contributed by atoms with E-state index in [9.17, 15) is 13.2 Å². The third kappa shape index (κ3) is 5.46. The van der Waals surface area contributed by atoms with E-state index in [0.29, 0.717) is 30.3 Å². The lowest BCUT2D eigenvalue weighted by atomic mass is 10.1. The van der Waals surface area contributed by atoms with E-state index in [0.717, 1.165) is 15.4 Å². The van der Waals surface area contributed by atoms with Crippen molar-refractivity contribution in [1.29, 1.82) is 0 Å². The summed E-state index contributed by atoms with van der Waals surface area (Å²) in [6, 6.07) is 24.2. The Labute approximate surface area is 194 Å². The van der Waals surface area contributed by atoms with Gasteiger partial charge in [0, 0.05) is 19.2 Å². The standard InChI is InChI=1S/C25H26N2O5S/c1-2-33(29,30)27(22-13-14-23-24(15-22)32-19-31-23)18-25(28)26(16-20-9-5-3-6-10-20)17-21-11-7-4-8-12-21/h3-15H,2,16-19H2,1H3. The third-order valence-electron chi connectivity index (χ3n) is 5.41. The highest BCUT2D eigenvalue weighted by atomic mass is 32.2. The predicted molar refractivity (Wildman–Crippen MR) is 127 cm³/mol. The molecule has 3 aromatic rings. The second kappa shape index (κ2) is 9.95. The lowest BCUT2D eigenvalue weighted by molar-refractivity contribution is -0.130. The van der Waals surface area contributed by atoms with Crippen molar-refractivity contribution in [2.75, 3.05) is 23.4 Å². The Morgan fingerprint density at radius 3 is 2.00 bits per heavy atom. The van der Waals surface area contributed by atoms with Gasteiger partial charge in [0.05, 0.1) is 11.4 Å². The van der Waals surface area contributed by atoms with E-state index in [2.05, 4.69) is 0 Å². The van der Waals surface area contributed by atoms with Gasteiger partial charge in [-0.15, -0.1) is 0 Å². The van der Waals surface area contributed by atoms with Crippen molar-refractivity contribution in [3.8, 4) is 11.5 Å². The van der Waals surface area contributed by atoms with Crippen LogP contribution in [-0.2, 0) is 27.9 Å². The monoisotopic (exact) mass is 466 g/mol. The summed E-state index contributed by atoms with van der Waals surface area (Å²) in [5.41, 5.74) is 2.30. The van der Waals surface area contributed by atoms with Crippen molar-refractivity contribution in [2.24, 2.45) is 0 Å². The molecular weight excluding hydrogens is 440 g/mol. The molecule has 0 atom stereocenters. The Morgan fingerprint density at radius 1 is 0.848 bits per heavy atom. The average Bonchev–Trinajstić information content (AvgIpc) is 3.31. The minimum absolute atomic E-state index is 0.0835. The predicted octanol–water partition coefficient (Wildman–Crippen LogP) is 3.80. The first-order valence-corrected chi connectivity index (χ1v) is 12.3. The number of carbonyl (C=O) groups excluding carboxylic acids is 1. The normalized spacial score (nSPS) is 12.4. The number of benzene rings is 3. The number of sulfonamides is 1. The molecule has 1 amide bonds. The van der Waals surface area contributed by atoms with Crippen LogP contribution in [-0.4, -0.2) is 38.3 Å². The Morgan fingerprint density at radius 2 is 1.42 bits per heavy atom. The lowest BCUT2D eigenvalue weighted by Crippen LogP contribution is -2.43. The zero-order valence-electron chi connectivity index (χ0n) is 18.4. The summed E-state index contributed by atoms with van der Waals surface area (Å²) in [6.07, 6.45) is 0. The molecule has 0 spiro atoms. The van der Waals surface area contributed by atoms with Gasteiger partial charge in [-0.1, -0.05) is 60.7 Å². The Hall–Kier alpha value is -3.52. The fourth-order valence-corrected chi connectivity index (χ4v) is 4.66. The minimum atomic E-state index is -3.72. The molecule has 0 saturated heterocycles. The van der Waals surface area contributed by atoms with E-state index in [4.69, 9.17) is 9.47 Å². The van der Waals surface area contributed by atoms with Crippen molar-refractivity contribution in [2.45, 2.75) is 20.0 Å². The van der Waals surface area contributed by atoms with Gasteiger partial charge in [0.15, 0.2) is 11.5 Å². The molecule has 1 heterocycles. The van der Waals surface area contributed by atoms with E-state index in [-0.39, 0.29) is 25.0 Å². The van der Waals surface area contributed by atoms with Crippen molar-refractivity contribution in [3.63, 3.8) is 0 Å². The van der Waals surface area contributed by atoms with Crippen LogP contribution >= 0.6 is 0 Å². The molecule has 33 heavy (non-hydrogen) atoms. The molecule has 0 unspecified atom stereocenters. The molecule has 0 aliphatic carbocycles. The first-order valence-electron chi connectivity index (χ1n) is 10.7. The van der Waals surface area contributed by atoms with Gasteiger partial charge in [-0.05, 0) is 30.2 Å². The molecule has 0 aromatic heterocycles. The number of nitrogens with zero attached hydrogens (tertiary/aromatic N) is 2. The topological polar surface area (TPSA) is 76.2 Å². The second-order valence-electron chi connectivity index (χ2n) is 7.67. The molecule has 0 radical (unpaired) electrons. The van der Waals surface area contributed by atoms with Gasteiger partial charge in [0.1, 0.15) is 6.54 Å². The highest BCUT2D eigenvalue weighted by Crippen LogP contribution is 2.36. The van der Waals surface area contributed by atoms with Crippen molar-refractivity contribution in [3.05, 3.63) is 90.0 Å². The molecule has 0 N–H and O–H groups in total. The minimum Gasteiger partial charge on any atom is -0.454 e. The van der Waals surface area contributed by atoms with Gasteiger partial charge in [0.2, 0.25) is 22.7 Å². The van der Waals surface area contributed by atoms with Gasteiger partial charge >= 0.3 is 0 Å². The summed E-state index contributed by atoms with van der Waals surface area (Å²) in [5, 5.41) is 0. The zero-order chi connectivity index (χ0) is 23.3. The summed E-state index contributed by atoms with van der Waals surface area (Å²) in [6.45, 7) is 2.08. The highest BCUT2D eigenvalue weighted by Gasteiger charge is 2.28. The number of hydrogen-bond acceptors (Lipinski definition) is 5. The maximum Gasteiger partial charge on any atom is 0.243 e. The van der Waals surface area contributed by atoms with Crippen molar-refractivity contribution >= 4 is 21.6 Å². The molecule has 0 bridgehead atoms. The Balaban J connectivity index is 1.62. The first-order chi connectivity index (χ1) is 16.0. The summed E-state index contributed by atoms with van der Waals surface area (Å²) in [5.74, 6) is 0.583. The number of ether oxygens (including phenoxy) is 2. The maximum absolute atomic E-state index is 13.5. The average molecular weight is 467 g/mol. The van der Waals surface area contributed by atoms with Gasteiger partial charge in [-0.25, -0.2) is 8.42 Å². The summed E-state index contributed by atoms with van der Waals surface area (Å²) in [4.78, 5) is 15.2.